The Balaban J connectivity index is 1.90. The van der Waals surface area contributed by atoms with Crippen LogP contribution in [0.4, 0.5) is 0 Å². The highest BCUT2D eigenvalue weighted by Crippen LogP contribution is 2.23. The van der Waals surface area contributed by atoms with E-state index in [1.54, 1.807) is 4.90 Å². The maximum atomic E-state index is 13.9. The SMILES string of the molecule is CC[C@H](C)NC(=O)[C@H](Cc1ccccc1)N(Cc1ccccc1C)C(=O)CCc1ccc(C(C)(C)C)cc1. The molecule has 0 heterocycles. The second-order valence-corrected chi connectivity index (χ2v) is 11.4. The van der Waals surface area contributed by atoms with E-state index in [2.05, 4.69) is 70.3 Å². The van der Waals surface area contributed by atoms with Gasteiger partial charge >= 0.3 is 0 Å². The Kier molecular flexibility index (Phi) is 10.3. The summed E-state index contributed by atoms with van der Waals surface area (Å²) in [7, 11) is 0. The van der Waals surface area contributed by atoms with Gasteiger partial charge in [0, 0.05) is 25.4 Å². The van der Waals surface area contributed by atoms with Crippen molar-refractivity contribution in [1.29, 1.82) is 0 Å². The van der Waals surface area contributed by atoms with Gasteiger partial charge in [-0.2, -0.15) is 0 Å². The average molecular weight is 513 g/mol. The van der Waals surface area contributed by atoms with Gasteiger partial charge < -0.3 is 10.2 Å². The molecule has 0 bridgehead atoms. The van der Waals surface area contributed by atoms with Crippen molar-refractivity contribution >= 4 is 11.8 Å². The minimum Gasteiger partial charge on any atom is -0.352 e. The lowest BCUT2D eigenvalue weighted by Crippen LogP contribution is -2.52. The van der Waals surface area contributed by atoms with E-state index in [1.807, 2.05) is 55.5 Å². The summed E-state index contributed by atoms with van der Waals surface area (Å²) in [6.07, 6.45) is 2.29. The smallest absolute Gasteiger partial charge is 0.243 e. The number of carbonyl (C=O) groups excluding carboxylic acids is 2. The molecule has 0 aliphatic rings. The topological polar surface area (TPSA) is 49.4 Å². The fourth-order valence-corrected chi connectivity index (χ4v) is 4.53. The summed E-state index contributed by atoms with van der Waals surface area (Å²) >= 11 is 0. The highest BCUT2D eigenvalue weighted by molar-refractivity contribution is 5.88. The van der Waals surface area contributed by atoms with Crippen LogP contribution in [-0.2, 0) is 34.4 Å². The molecule has 0 saturated heterocycles. The lowest BCUT2D eigenvalue weighted by atomic mass is 9.86. The first-order valence-electron chi connectivity index (χ1n) is 13.9. The molecule has 0 aliphatic carbocycles. The van der Waals surface area contributed by atoms with Crippen LogP contribution in [0.5, 0.6) is 0 Å². The molecule has 2 atom stereocenters. The zero-order valence-electron chi connectivity index (χ0n) is 24.0. The minimum atomic E-state index is -0.596. The zero-order chi connectivity index (χ0) is 27.7. The molecule has 3 aromatic carbocycles. The molecule has 0 aliphatic heterocycles. The molecule has 0 saturated carbocycles. The fraction of sp³-hybridized carbons (Fsp3) is 0.412. The van der Waals surface area contributed by atoms with E-state index in [0.29, 0.717) is 25.8 Å². The van der Waals surface area contributed by atoms with Crippen LogP contribution in [0, 0.1) is 6.92 Å². The summed E-state index contributed by atoms with van der Waals surface area (Å²) in [5.74, 6) is -0.104. The van der Waals surface area contributed by atoms with Crippen molar-refractivity contribution < 1.29 is 9.59 Å². The van der Waals surface area contributed by atoms with Gasteiger partial charge in [0.05, 0.1) is 0 Å². The largest absolute Gasteiger partial charge is 0.352 e. The molecule has 0 aromatic heterocycles. The molecule has 4 heteroatoms. The lowest BCUT2D eigenvalue weighted by molar-refractivity contribution is -0.141. The van der Waals surface area contributed by atoms with Crippen LogP contribution in [0.25, 0.3) is 0 Å². The molecule has 0 radical (unpaired) electrons. The number of amides is 2. The summed E-state index contributed by atoms with van der Waals surface area (Å²) in [6, 6.07) is 26.1. The van der Waals surface area contributed by atoms with E-state index in [1.165, 1.54) is 5.56 Å². The van der Waals surface area contributed by atoms with E-state index in [-0.39, 0.29) is 23.3 Å². The number of hydrogen-bond donors (Lipinski definition) is 1. The Labute approximate surface area is 229 Å². The van der Waals surface area contributed by atoms with Crippen molar-refractivity contribution in [1.82, 2.24) is 10.2 Å². The highest BCUT2D eigenvalue weighted by Gasteiger charge is 2.31. The number of benzene rings is 3. The molecule has 0 unspecified atom stereocenters. The summed E-state index contributed by atoms with van der Waals surface area (Å²) in [5, 5.41) is 3.15. The summed E-state index contributed by atoms with van der Waals surface area (Å²) < 4.78 is 0. The normalized spacial score (nSPS) is 13.0. The predicted octanol–water partition coefficient (Wildman–Crippen LogP) is 6.78. The van der Waals surface area contributed by atoms with Crippen molar-refractivity contribution in [3.63, 3.8) is 0 Å². The summed E-state index contributed by atoms with van der Waals surface area (Å²) in [4.78, 5) is 29.3. The van der Waals surface area contributed by atoms with Gasteiger partial charge in [-0.05, 0) is 59.9 Å². The second-order valence-electron chi connectivity index (χ2n) is 11.4. The molecule has 1 N–H and O–H groups in total. The maximum absolute atomic E-state index is 13.9. The first kappa shape index (κ1) is 29.2. The number of nitrogens with zero attached hydrogens (tertiary/aromatic N) is 1. The van der Waals surface area contributed by atoms with Gasteiger partial charge in [0.2, 0.25) is 11.8 Å². The molecule has 38 heavy (non-hydrogen) atoms. The van der Waals surface area contributed by atoms with E-state index in [9.17, 15) is 9.59 Å². The van der Waals surface area contributed by atoms with Crippen LogP contribution in [0.2, 0.25) is 0 Å². The van der Waals surface area contributed by atoms with Crippen molar-refractivity contribution in [3.05, 3.63) is 107 Å². The van der Waals surface area contributed by atoms with Gasteiger partial charge in [-0.3, -0.25) is 9.59 Å². The van der Waals surface area contributed by atoms with E-state index < -0.39 is 6.04 Å². The van der Waals surface area contributed by atoms with Gasteiger partial charge in [0.1, 0.15) is 6.04 Å². The molecule has 202 valence electrons. The summed E-state index contributed by atoms with van der Waals surface area (Å²) in [5.41, 5.74) is 5.71. The molecule has 3 aromatic rings. The van der Waals surface area contributed by atoms with Crippen molar-refractivity contribution in [3.8, 4) is 0 Å². The second kappa shape index (κ2) is 13.4. The number of rotatable bonds is 11. The Morgan fingerprint density at radius 1 is 0.868 bits per heavy atom. The third kappa shape index (κ3) is 8.31. The molecule has 0 spiro atoms. The number of carbonyl (C=O) groups is 2. The van der Waals surface area contributed by atoms with Crippen LogP contribution in [0.3, 0.4) is 0 Å². The van der Waals surface area contributed by atoms with E-state index in [4.69, 9.17) is 0 Å². The Morgan fingerprint density at radius 3 is 2.11 bits per heavy atom. The Morgan fingerprint density at radius 2 is 1.50 bits per heavy atom. The number of hydrogen-bond acceptors (Lipinski definition) is 2. The van der Waals surface area contributed by atoms with Gasteiger partial charge in [-0.1, -0.05) is 107 Å². The van der Waals surface area contributed by atoms with Gasteiger partial charge in [0.25, 0.3) is 0 Å². The zero-order valence-corrected chi connectivity index (χ0v) is 24.0. The monoisotopic (exact) mass is 512 g/mol. The average Bonchev–Trinajstić information content (AvgIpc) is 2.90. The van der Waals surface area contributed by atoms with E-state index >= 15 is 0 Å². The molecular weight excluding hydrogens is 468 g/mol. The van der Waals surface area contributed by atoms with Gasteiger partial charge in [-0.25, -0.2) is 0 Å². The minimum absolute atomic E-state index is 0.00613. The maximum Gasteiger partial charge on any atom is 0.243 e. The summed E-state index contributed by atoms with van der Waals surface area (Å²) in [6.45, 7) is 13.1. The lowest BCUT2D eigenvalue weighted by Gasteiger charge is -2.33. The van der Waals surface area contributed by atoms with Crippen LogP contribution in [-0.4, -0.2) is 28.8 Å². The van der Waals surface area contributed by atoms with Gasteiger partial charge in [-0.15, -0.1) is 0 Å². The highest BCUT2D eigenvalue weighted by atomic mass is 16.2. The quantitative estimate of drug-likeness (QED) is 0.308. The molecule has 4 nitrogen and oxygen atoms in total. The van der Waals surface area contributed by atoms with Crippen LogP contribution in [0.1, 0.15) is 75.3 Å². The van der Waals surface area contributed by atoms with Crippen LogP contribution >= 0.6 is 0 Å². The number of aryl methyl sites for hydroxylation is 2. The first-order chi connectivity index (χ1) is 18.1. The standard InChI is InChI=1S/C34H44N2O2/c1-7-26(3)35-33(38)31(23-28-14-9-8-10-15-28)36(24-29-16-12-11-13-25(29)2)32(37)22-19-27-17-20-30(21-18-27)34(4,5)6/h8-18,20-21,26,31H,7,19,22-24H2,1-6H3,(H,35,38)/t26-,31-/m0/s1. The molecule has 3 rings (SSSR count). The van der Waals surface area contributed by atoms with Crippen molar-refractivity contribution in [2.45, 2.75) is 91.3 Å². The molecular formula is C34H44N2O2. The van der Waals surface area contributed by atoms with Crippen LogP contribution in [0.15, 0.2) is 78.9 Å². The Hall–Kier alpha value is -3.40. The van der Waals surface area contributed by atoms with Gasteiger partial charge in [0.15, 0.2) is 0 Å². The predicted molar refractivity (Wildman–Crippen MR) is 157 cm³/mol. The van der Waals surface area contributed by atoms with Crippen molar-refractivity contribution in [2.75, 3.05) is 0 Å². The molecule has 0 fully saturated rings. The van der Waals surface area contributed by atoms with Crippen LogP contribution < -0.4 is 5.32 Å². The third-order valence-corrected chi connectivity index (χ3v) is 7.32. The fourth-order valence-electron chi connectivity index (χ4n) is 4.53. The first-order valence-corrected chi connectivity index (χ1v) is 13.9. The van der Waals surface area contributed by atoms with Crippen molar-refractivity contribution in [2.24, 2.45) is 0 Å². The molecule has 2 amide bonds. The number of nitrogens with one attached hydrogen (secondary N) is 1. The third-order valence-electron chi connectivity index (χ3n) is 7.32. The Bertz CT molecular complexity index is 1180. The van der Waals surface area contributed by atoms with E-state index in [0.717, 1.165) is 28.7 Å².